The molecule has 0 saturated carbocycles. The third kappa shape index (κ3) is 6.69. The van der Waals surface area contributed by atoms with E-state index in [4.69, 9.17) is 16.3 Å². The molecular formula is C23H28ClN3O5S. The third-order valence-corrected chi connectivity index (χ3v) is 7.81. The molecule has 2 aromatic carbocycles. The van der Waals surface area contributed by atoms with E-state index < -0.39 is 15.9 Å². The molecule has 178 valence electrons. The summed E-state index contributed by atoms with van der Waals surface area (Å²) in [4.78, 5) is 24.6. The fourth-order valence-corrected chi connectivity index (χ4v) is 5.55. The molecule has 0 aliphatic carbocycles. The fourth-order valence-electron chi connectivity index (χ4n) is 3.53. The minimum atomic E-state index is -3.81. The smallest absolute Gasteiger partial charge is 0.251 e. The van der Waals surface area contributed by atoms with Crippen LogP contribution in [0.2, 0.25) is 5.02 Å². The van der Waals surface area contributed by atoms with Gasteiger partial charge in [-0.05, 0) is 48.7 Å². The van der Waals surface area contributed by atoms with Crippen LogP contribution in [-0.4, -0.2) is 51.3 Å². The number of hydrogen-bond donors (Lipinski definition) is 2. The van der Waals surface area contributed by atoms with E-state index in [2.05, 4.69) is 10.6 Å². The maximum Gasteiger partial charge on any atom is 0.251 e. The zero-order chi connectivity index (χ0) is 23.8. The van der Waals surface area contributed by atoms with E-state index in [-0.39, 0.29) is 27.9 Å². The molecule has 3 rings (SSSR count). The molecule has 2 amide bonds. The molecule has 2 N–H and O–H groups in total. The lowest BCUT2D eigenvalue weighted by atomic mass is 10.2. The van der Waals surface area contributed by atoms with Crippen molar-refractivity contribution in [3.05, 3.63) is 58.6 Å². The van der Waals surface area contributed by atoms with Crippen LogP contribution in [0.15, 0.2) is 47.4 Å². The van der Waals surface area contributed by atoms with Crippen molar-refractivity contribution >= 4 is 33.4 Å². The van der Waals surface area contributed by atoms with Crippen molar-refractivity contribution in [1.29, 1.82) is 0 Å². The number of halogens is 1. The Balaban J connectivity index is 1.60. The van der Waals surface area contributed by atoms with E-state index in [0.717, 1.165) is 37.0 Å². The quantitative estimate of drug-likeness (QED) is 0.588. The maximum absolute atomic E-state index is 13.1. The maximum atomic E-state index is 13.1. The number of carbonyl (C=O) groups excluding carboxylic acids is 2. The molecule has 1 aliphatic rings. The van der Waals surface area contributed by atoms with Gasteiger partial charge in [0.25, 0.3) is 5.91 Å². The summed E-state index contributed by atoms with van der Waals surface area (Å²) in [6.45, 7) is 0.927. The molecule has 0 atom stereocenters. The van der Waals surface area contributed by atoms with E-state index in [0.29, 0.717) is 19.6 Å². The number of nitrogens with zero attached hydrogens (tertiary/aromatic N) is 1. The predicted octanol–water partition coefficient (Wildman–Crippen LogP) is 2.96. The number of methoxy groups -OCH3 is 1. The topological polar surface area (TPSA) is 105 Å². The van der Waals surface area contributed by atoms with Gasteiger partial charge in [0.1, 0.15) is 10.6 Å². The summed E-state index contributed by atoms with van der Waals surface area (Å²) < 4.78 is 32.7. The minimum absolute atomic E-state index is 0.0630. The zero-order valence-electron chi connectivity index (χ0n) is 18.5. The highest BCUT2D eigenvalue weighted by atomic mass is 35.5. The number of ether oxygens (including phenoxy) is 1. The number of rotatable bonds is 8. The van der Waals surface area contributed by atoms with Crippen LogP contribution in [-0.2, 0) is 21.4 Å². The normalized spacial score (nSPS) is 14.8. The SMILES string of the molecule is COc1ccc(CNC(=O)CNC(=O)c2ccc(Cl)c(S(=O)(=O)N3CCCCCC3)c2)cc1. The first-order valence-electron chi connectivity index (χ1n) is 10.8. The summed E-state index contributed by atoms with van der Waals surface area (Å²) in [5.74, 6) is -0.207. The molecule has 8 nitrogen and oxygen atoms in total. The molecule has 0 unspecified atom stereocenters. The lowest BCUT2D eigenvalue weighted by Crippen LogP contribution is -2.36. The van der Waals surface area contributed by atoms with Gasteiger partial charge in [0, 0.05) is 25.2 Å². The molecule has 0 bridgehead atoms. The van der Waals surface area contributed by atoms with Crippen molar-refractivity contribution in [1.82, 2.24) is 14.9 Å². The van der Waals surface area contributed by atoms with Crippen molar-refractivity contribution in [3.63, 3.8) is 0 Å². The van der Waals surface area contributed by atoms with Crippen LogP contribution in [0.4, 0.5) is 0 Å². The van der Waals surface area contributed by atoms with Crippen LogP contribution in [0.25, 0.3) is 0 Å². The van der Waals surface area contributed by atoms with Crippen LogP contribution in [0.3, 0.4) is 0 Å². The second-order valence-electron chi connectivity index (χ2n) is 7.77. The minimum Gasteiger partial charge on any atom is -0.497 e. The third-order valence-electron chi connectivity index (χ3n) is 5.43. The first-order valence-corrected chi connectivity index (χ1v) is 12.6. The van der Waals surface area contributed by atoms with Crippen molar-refractivity contribution in [2.45, 2.75) is 37.1 Å². The Morgan fingerprint density at radius 3 is 2.30 bits per heavy atom. The van der Waals surface area contributed by atoms with E-state index >= 15 is 0 Å². The summed E-state index contributed by atoms with van der Waals surface area (Å²) in [6, 6.07) is 11.4. The van der Waals surface area contributed by atoms with Gasteiger partial charge in [0.05, 0.1) is 18.7 Å². The molecule has 0 radical (unpaired) electrons. The standard InChI is InChI=1S/C23H28ClN3O5S/c1-32-19-9-6-17(7-10-19)15-25-22(28)16-26-23(29)18-8-11-20(24)21(14-18)33(30,31)27-12-4-2-3-5-13-27/h6-11,14H,2-5,12-13,15-16H2,1H3,(H,25,28)(H,26,29). The zero-order valence-corrected chi connectivity index (χ0v) is 20.0. The Labute approximate surface area is 199 Å². The van der Waals surface area contributed by atoms with E-state index in [1.54, 1.807) is 19.2 Å². The van der Waals surface area contributed by atoms with Crippen molar-refractivity contribution in [2.75, 3.05) is 26.7 Å². The van der Waals surface area contributed by atoms with Crippen LogP contribution < -0.4 is 15.4 Å². The Bertz CT molecular complexity index is 1080. The molecule has 0 aromatic heterocycles. The molecule has 1 aliphatic heterocycles. The highest BCUT2D eigenvalue weighted by Crippen LogP contribution is 2.27. The monoisotopic (exact) mass is 493 g/mol. The summed E-state index contributed by atoms with van der Waals surface area (Å²) in [5.41, 5.74) is 1.01. The first kappa shape index (κ1) is 25.0. The number of benzene rings is 2. The second-order valence-corrected chi connectivity index (χ2v) is 10.1. The Morgan fingerprint density at radius 2 is 1.67 bits per heavy atom. The van der Waals surface area contributed by atoms with Crippen LogP contribution in [0.5, 0.6) is 5.75 Å². The largest absolute Gasteiger partial charge is 0.497 e. The summed E-state index contributed by atoms with van der Waals surface area (Å²) in [7, 11) is -2.24. The van der Waals surface area contributed by atoms with Gasteiger partial charge in [-0.15, -0.1) is 0 Å². The summed E-state index contributed by atoms with van der Waals surface area (Å²) in [6.07, 6.45) is 3.57. The molecule has 1 fully saturated rings. The predicted molar refractivity (Wildman–Crippen MR) is 126 cm³/mol. The second kappa shape index (κ2) is 11.5. The van der Waals surface area contributed by atoms with Crippen molar-refractivity contribution in [2.24, 2.45) is 0 Å². The van der Waals surface area contributed by atoms with Gasteiger partial charge in [-0.2, -0.15) is 4.31 Å². The molecular weight excluding hydrogens is 466 g/mol. The number of hydrogen-bond acceptors (Lipinski definition) is 5. The lowest BCUT2D eigenvalue weighted by molar-refractivity contribution is -0.120. The molecule has 1 saturated heterocycles. The van der Waals surface area contributed by atoms with Gasteiger partial charge >= 0.3 is 0 Å². The lowest BCUT2D eigenvalue weighted by Gasteiger charge is -2.21. The molecule has 0 spiro atoms. The molecule has 33 heavy (non-hydrogen) atoms. The van der Waals surface area contributed by atoms with Gasteiger partial charge in [-0.3, -0.25) is 9.59 Å². The van der Waals surface area contributed by atoms with E-state index in [9.17, 15) is 18.0 Å². The van der Waals surface area contributed by atoms with Gasteiger partial charge in [0.2, 0.25) is 15.9 Å². The Kier molecular flexibility index (Phi) is 8.71. The van der Waals surface area contributed by atoms with Crippen molar-refractivity contribution < 1.29 is 22.7 Å². The summed E-state index contributed by atoms with van der Waals surface area (Å²) >= 11 is 6.18. The van der Waals surface area contributed by atoms with Gasteiger partial charge < -0.3 is 15.4 Å². The summed E-state index contributed by atoms with van der Waals surface area (Å²) in [5, 5.41) is 5.30. The number of sulfonamides is 1. The first-order chi connectivity index (χ1) is 15.8. The number of amides is 2. The molecule has 10 heteroatoms. The Morgan fingerprint density at radius 1 is 1.00 bits per heavy atom. The Hall–Kier alpha value is -2.62. The fraction of sp³-hybridized carbons (Fsp3) is 0.391. The van der Waals surface area contributed by atoms with E-state index in [1.807, 2.05) is 12.1 Å². The molecule has 1 heterocycles. The number of carbonyl (C=O) groups is 2. The van der Waals surface area contributed by atoms with Gasteiger partial charge in [0.15, 0.2) is 0 Å². The van der Waals surface area contributed by atoms with Gasteiger partial charge in [-0.25, -0.2) is 8.42 Å². The number of nitrogens with one attached hydrogen (secondary N) is 2. The van der Waals surface area contributed by atoms with E-state index in [1.165, 1.54) is 22.5 Å². The average Bonchev–Trinajstić information content (AvgIpc) is 3.12. The van der Waals surface area contributed by atoms with Gasteiger partial charge in [-0.1, -0.05) is 36.6 Å². The van der Waals surface area contributed by atoms with Crippen LogP contribution in [0.1, 0.15) is 41.6 Å². The molecule has 2 aromatic rings. The van der Waals surface area contributed by atoms with Crippen molar-refractivity contribution in [3.8, 4) is 5.75 Å². The average molecular weight is 494 g/mol. The van der Waals surface area contributed by atoms with Crippen LogP contribution in [0, 0.1) is 0 Å². The highest BCUT2D eigenvalue weighted by molar-refractivity contribution is 7.89. The van der Waals surface area contributed by atoms with Crippen LogP contribution >= 0.6 is 11.6 Å². The highest BCUT2D eigenvalue weighted by Gasteiger charge is 2.28.